The number of amides is 1. The lowest BCUT2D eigenvalue weighted by Crippen LogP contribution is -2.25. The third-order valence-corrected chi connectivity index (χ3v) is 8.03. The Balaban J connectivity index is 1.56. The van der Waals surface area contributed by atoms with Crippen LogP contribution in [-0.4, -0.2) is 61.6 Å². The highest BCUT2D eigenvalue weighted by Gasteiger charge is 2.37. The number of methoxy groups -OCH3 is 1. The Morgan fingerprint density at radius 1 is 1.03 bits per heavy atom. The highest BCUT2D eigenvalue weighted by Crippen LogP contribution is 2.33. The minimum atomic E-state index is -3.33. The third kappa shape index (κ3) is 5.48. The molecule has 0 radical (unpaired) electrons. The van der Waals surface area contributed by atoms with Crippen molar-refractivity contribution in [1.29, 1.82) is 0 Å². The predicted molar refractivity (Wildman–Crippen MR) is 123 cm³/mol. The van der Waals surface area contributed by atoms with E-state index in [1.165, 1.54) is 24.5 Å². The summed E-state index contributed by atoms with van der Waals surface area (Å²) < 4.78 is 30.4. The summed E-state index contributed by atoms with van der Waals surface area (Å²) in [7, 11) is 0.0485. The zero-order chi connectivity index (χ0) is 23.4. The summed E-state index contributed by atoms with van der Waals surface area (Å²) in [6.07, 6.45) is 6.54. The van der Waals surface area contributed by atoms with Crippen molar-refractivity contribution in [2.45, 2.75) is 54.5 Å². The van der Waals surface area contributed by atoms with Gasteiger partial charge in [0, 0.05) is 26.1 Å². The van der Waals surface area contributed by atoms with E-state index in [1.807, 2.05) is 0 Å². The first-order chi connectivity index (χ1) is 15.9. The summed E-state index contributed by atoms with van der Waals surface area (Å²) in [4.78, 5) is 27.2. The van der Waals surface area contributed by atoms with Gasteiger partial charge in [0.1, 0.15) is 11.9 Å². The molecule has 0 aliphatic heterocycles. The molecule has 1 heterocycles. The molecule has 4 rings (SSSR count). The molecule has 11 heteroatoms. The number of aromatic nitrogens is 2. The Morgan fingerprint density at radius 2 is 1.70 bits per heavy atom. The van der Waals surface area contributed by atoms with Gasteiger partial charge < -0.3 is 20.2 Å². The number of anilines is 2. The zero-order valence-corrected chi connectivity index (χ0v) is 19.3. The molecule has 1 aromatic carbocycles. The van der Waals surface area contributed by atoms with Crippen molar-refractivity contribution in [3.63, 3.8) is 0 Å². The molecule has 1 amide bonds. The van der Waals surface area contributed by atoms with E-state index in [1.54, 1.807) is 26.3 Å². The highest BCUT2D eigenvalue weighted by atomic mass is 32.2. The fourth-order valence-electron chi connectivity index (χ4n) is 3.63. The summed E-state index contributed by atoms with van der Waals surface area (Å²) in [6.45, 7) is 0. The smallest absolute Gasteiger partial charge is 0.279 e. The second-order valence-corrected chi connectivity index (χ2v) is 10.3. The van der Waals surface area contributed by atoms with Crippen molar-refractivity contribution in [2.75, 3.05) is 24.8 Å². The van der Waals surface area contributed by atoms with E-state index in [0.29, 0.717) is 30.6 Å². The molecule has 33 heavy (non-hydrogen) atoms. The van der Waals surface area contributed by atoms with Gasteiger partial charge in [0.2, 0.25) is 0 Å². The number of oxime groups is 1. The number of carbonyl (C=O) groups is 1. The van der Waals surface area contributed by atoms with Crippen LogP contribution in [0.3, 0.4) is 0 Å². The Kier molecular flexibility index (Phi) is 6.89. The molecular weight excluding hydrogens is 446 g/mol. The predicted octanol–water partition coefficient (Wildman–Crippen LogP) is 2.38. The fourth-order valence-corrected chi connectivity index (χ4v) is 5.29. The van der Waals surface area contributed by atoms with Crippen LogP contribution in [-0.2, 0) is 24.2 Å². The molecule has 2 atom stereocenters. The number of benzene rings is 1. The van der Waals surface area contributed by atoms with Gasteiger partial charge in [0.15, 0.2) is 21.4 Å². The highest BCUT2D eigenvalue weighted by molar-refractivity contribution is 7.92. The quantitative estimate of drug-likeness (QED) is 0.419. The molecule has 0 spiro atoms. The van der Waals surface area contributed by atoms with Crippen LogP contribution in [0.2, 0.25) is 0 Å². The molecular formula is C22H27N5O5S. The summed E-state index contributed by atoms with van der Waals surface area (Å²) in [5.74, 6) is 0.271. The van der Waals surface area contributed by atoms with Gasteiger partial charge >= 0.3 is 0 Å². The van der Waals surface area contributed by atoms with Crippen molar-refractivity contribution >= 4 is 33.1 Å². The van der Waals surface area contributed by atoms with Crippen molar-refractivity contribution in [1.82, 2.24) is 9.97 Å². The first-order valence-electron chi connectivity index (χ1n) is 10.8. The zero-order valence-electron chi connectivity index (χ0n) is 18.5. The molecule has 2 aliphatic carbocycles. The maximum absolute atomic E-state index is 13.0. The monoisotopic (exact) mass is 473 g/mol. The molecule has 2 aromatic rings. The van der Waals surface area contributed by atoms with E-state index in [0.717, 1.165) is 12.8 Å². The lowest BCUT2D eigenvalue weighted by atomic mass is 10.1. The van der Waals surface area contributed by atoms with E-state index in [9.17, 15) is 13.2 Å². The molecule has 2 saturated carbocycles. The second-order valence-electron chi connectivity index (χ2n) is 8.10. The van der Waals surface area contributed by atoms with Gasteiger partial charge in [-0.1, -0.05) is 17.3 Å². The van der Waals surface area contributed by atoms with Gasteiger partial charge in [-0.25, -0.2) is 18.4 Å². The second kappa shape index (κ2) is 9.84. The van der Waals surface area contributed by atoms with Crippen molar-refractivity contribution < 1.29 is 22.8 Å². The maximum atomic E-state index is 13.0. The number of nitrogens with zero attached hydrogens (tertiary/aromatic N) is 3. The fraction of sp³-hybridized carbons (Fsp3) is 0.455. The van der Waals surface area contributed by atoms with Gasteiger partial charge in [0.25, 0.3) is 5.91 Å². The topological polar surface area (TPSA) is 132 Å². The van der Waals surface area contributed by atoms with E-state index >= 15 is 0 Å². The minimum absolute atomic E-state index is 0.0192. The molecule has 176 valence electrons. The number of hydrogen-bond acceptors (Lipinski definition) is 9. The molecule has 0 bridgehead atoms. The molecule has 2 fully saturated rings. The van der Waals surface area contributed by atoms with Gasteiger partial charge in [-0.2, -0.15) is 0 Å². The van der Waals surface area contributed by atoms with E-state index in [-0.39, 0.29) is 33.9 Å². The number of nitrogens with one attached hydrogen (secondary N) is 2. The molecule has 2 N–H and O–H groups in total. The molecule has 1 aromatic heterocycles. The summed E-state index contributed by atoms with van der Waals surface area (Å²) >= 11 is 0. The first-order valence-corrected chi connectivity index (χ1v) is 12.4. The SMILES string of the molecule is CNc1cnc(NC(=O)C(=NO[C@@H]2CC[C@@H](OC)C2)c2ccc(S(=O)(=O)C3CC3)cc2)cn1. The summed E-state index contributed by atoms with van der Waals surface area (Å²) in [5, 5.41) is 9.37. The standard InChI is InChI=1S/C22H27N5O5S/c1-23-19-12-25-20(13-24-19)26-22(28)21(27-32-16-6-5-15(11-16)31-2)14-3-7-17(8-4-14)33(29,30)18-9-10-18/h3-4,7-8,12-13,15-16,18H,5-6,9-11H2,1-2H3,(H,23,24)(H,25,26,28)/t15-,16-/m1/s1. The maximum Gasteiger partial charge on any atom is 0.279 e. The molecule has 10 nitrogen and oxygen atoms in total. The van der Waals surface area contributed by atoms with Crippen molar-refractivity contribution in [3.05, 3.63) is 42.2 Å². The van der Waals surface area contributed by atoms with Crippen LogP contribution in [0.1, 0.15) is 37.7 Å². The van der Waals surface area contributed by atoms with Gasteiger partial charge in [-0.3, -0.25) is 4.79 Å². The number of carbonyl (C=O) groups excluding carboxylic acids is 1. The van der Waals surface area contributed by atoms with Crippen LogP contribution in [0.15, 0.2) is 46.7 Å². The van der Waals surface area contributed by atoms with Gasteiger partial charge in [0.05, 0.1) is 28.6 Å². The van der Waals surface area contributed by atoms with Crippen molar-refractivity contribution in [2.24, 2.45) is 5.16 Å². The van der Waals surface area contributed by atoms with Crippen LogP contribution in [0.5, 0.6) is 0 Å². The largest absolute Gasteiger partial charge is 0.392 e. The van der Waals surface area contributed by atoms with Crippen LogP contribution in [0.4, 0.5) is 11.6 Å². The number of rotatable bonds is 9. The molecule has 0 saturated heterocycles. The molecule has 2 aliphatic rings. The molecule has 0 unspecified atom stereocenters. The first kappa shape index (κ1) is 23.1. The Hall–Kier alpha value is -3.05. The average molecular weight is 474 g/mol. The van der Waals surface area contributed by atoms with E-state index < -0.39 is 15.7 Å². The number of ether oxygens (including phenoxy) is 1. The normalized spacial score (nSPS) is 21.0. The Morgan fingerprint density at radius 3 is 2.27 bits per heavy atom. The van der Waals surface area contributed by atoms with Gasteiger partial charge in [-0.05, 0) is 37.8 Å². The van der Waals surface area contributed by atoms with E-state index in [2.05, 4.69) is 25.8 Å². The number of hydrogen-bond donors (Lipinski definition) is 2. The third-order valence-electron chi connectivity index (χ3n) is 5.75. The van der Waals surface area contributed by atoms with Crippen LogP contribution >= 0.6 is 0 Å². The van der Waals surface area contributed by atoms with Crippen LogP contribution in [0, 0.1) is 0 Å². The summed E-state index contributed by atoms with van der Waals surface area (Å²) in [5.41, 5.74) is 0.453. The minimum Gasteiger partial charge on any atom is -0.392 e. The Labute approximate surface area is 192 Å². The Bertz CT molecular complexity index is 1110. The van der Waals surface area contributed by atoms with Gasteiger partial charge in [-0.15, -0.1) is 0 Å². The van der Waals surface area contributed by atoms with E-state index in [4.69, 9.17) is 9.57 Å². The summed E-state index contributed by atoms with van der Waals surface area (Å²) in [6, 6.07) is 6.15. The van der Waals surface area contributed by atoms with Crippen molar-refractivity contribution in [3.8, 4) is 0 Å². The lowest BCUT2D eigenvalue weighted by Gasteiger charge is -2.12. The van der Waals surface area contributed by atoms with Crippen LogP contribution < -0.4 is 10.6 Å². The van der Waals surface area contributed by atoms with Crippen LogP contribution in [0.25, 0.3) is 0 Å². The lowest BCUT2D eigenvalue weighted by molar-refractivity contribution is -0.110. The number of sulfone groups is 1. The average Bonchev–Trinajstić information content (AvgIpc) is 3.60.